The summed E-state index contributed by atoms with van der Waals surface area (Å²) in [7, 11) is -3.72. The summed E-state index contributed by atoms with van der Waals surface area (Å²) in [5.74, 6) is 0. The molecule has 0 saturated heterocycles. The molecule has 0 bridgehead atoms. The molecule has 19 heavy (non-hydrogen) atoms. The molecule has 0 aromatic heterocycles. The largest absolute Gasteiger partial charge is 0.476 e. The summed E-state index contributed by atoms with van der Waals surface area (Å²) < 4.78 is 27.3. The number of nitrogens with zero attached hydrogens (tertiary/aromatic N) is 1. The van der Waals surface area contributed by atoms with Gasteiger partial charge in [-0.1, -0.05) is 23.7 Å². The first-order chi connectivity index (χ1) is 9.04. The van der Waals surface area contributed by atoms with Crippen molar-refractivity contribution < 1.29 is 18.1 Å². The van der Waals surface area contributed by atoms with Crippen molar-refractivity contribution in [1.82, 2.24) is 0 Å². The molecule has 0 unspecified atom stereocenters. The molecular weight excluding hydrogens is 289 g/mol. The van der Waals surface area contributed by atoms with Crippen LogP contribution in [0, 0.1) is 11.3 Å². The second-order valence-corrected chi connectivity index (χ2v) is 5.51. The van der Waals surface area contributed by atoms with E-state index in [9.17, 15) is 4.57 Å². The molecule has 0 aliphatic carbocycles. The van der Waals surface area contributed by atoms with Gasteiger partial charge in [-0.15, -0.1) is 0 Å². The fraction of sp³-hybridized carbons (Fsp3) is 0.417. The maximum Gasteiger partial charge on any atom is 0.476 e. The maximum atomic E-state index is 12.2. The van der Waals surface area contributed by atoms with Gasteiger partial charge in [-0.25, -0.2) is 4.57 Å². The third kappa shape index (κ3) is 4.94. The zero-order valence-corrected chi connectivity index (χ0v) is 12.4. The van der Waals surface area contributed by atoms with Gasteiger partial charge in [0.15, 0.2) is 6.10 Å². The monoisotopic (exact) mass is 303 g/mol. The molecule has 1 aromatic carbocycles. The average molecular weight is 304 g/mol. The van der Waals surface area contributed by atoms with Gasteiger partial charge in [0.25, 0.3) is 0 Å². The summed E-state index contributed by atoms with van der Waals surface area (Å²) in [5, 5.41) is 9.65. The zero-order chi connectivity index (χ0) is 14.3. The highest BCUT2D eigenvalue weighted by Gasteiger charge is 2.30. The van der Waals surface area contributed by atoms with Gasteiger partial charge >= 0.3 is 7.82 Å². The highest BCUT2D eigenvalue weighted by molar-refractivity contribution is 7.48. The molecule has 1 aromatic rings. The van der Waals surface area contributed by atoms with Gasteiger partial charge in [0.2, 0.25) is 0 Å². The first kappa shape index (κ1) is 16.2. The number of nitriles is 1. The van der Waals surface area contributed by atoms with Crippen LogP contribution in [0.2, 0.25) is 5.02 Å². The molecular formula is C12H15ClNO4P. The van der Waals surface area contributed by atoms with E-state index in [1.165, 1.54) is 0 Å². The van der Waals surface area contributed by atoms with Gasteiger partial charge in [0, 0.05) is 5.02 Å². The Balaban J connectivity index is 2.89. The lowest BCUT2D eigenvalue weighted by Crippen LogP contribution is -2.05. The lowest BCUT2D eigenvalue weighted by molar-refractivity contribution is 0.103. The minimum atomic E-state index is -3.72. The van der Waals surface area contributed by atoms with Crippen molar-refractivity contribution >= 4 is 19.4 Å². The summed E-state index contributed by atoms with van der Waals surface area (Å²) in [6.07, 6.45) is -1.04. The van der Waals surface area contributed by atoms with E-state index in [0.717, 1.165) is 0 Å². The van der Waals surface area contributed by atoms with Crippen LogP contribution in [0.25, 0.3) is 0 Å². The Bertz CT molecular complexity index is 475. The van der Waals surface area contributed by atoms with Crippen LogP contribution in [0.5, 0.6) is 0 Å². The van der Waals surface area contributed by atoms with Gasteiger partial charge in [0.05, 0.1) is 19.3 Å². The van der Waals surface area contributed by atoms with Crippen LogP contribution in [-0.4, -0.2) is 13.2 Å². The SMILES string of the molecule is CCOP(=O)(OCC)O[C@@H](C#N)c1ccc(Cl)cc1. The molecule has 0 aliphatic heterocycles. The summed E-state index contributed by atoms with van der Waals surface area (Å²) in [4.78, 5) is 0. The Morgan fingerprint density at radius 1 is 1.26 bits per heavy atom. The molecule has 104 valence electrons. The third-order valence-corrected chi connectivity index (χ3v) is 3.97. The van der Waals surface area contributed by atoms with E-state index in [1.54, 1.807) is 38.1 Å². The molecule has 5 nitrogen and oxygen atoms in total. The standard InChI is InChI=1S/C12H15ClNO4P/c1-3-16-19(15,17-4-2)18-12(9-14)10-5-7-11(13)8-6-10/h5-8,12H,3-4H2,1-2H3/t12-/m0/s1. The van der Waals surface area contributed by atoms with Crippen LogP contribution in [-0.2, 0) is 18.1 Å². The molecule has 0 amide bonds. The molecule has 0 fully saturated rings. The molecule has 0 heterocycles. The van der Waals surface area contributed by atoms with Gasteiger partial charge in [-0.05, 0) is 31.5 Å². The van der Waals surface area contributed by atoms with E-state index in [2.05, 4.69) is 0 Å². The van der Waals surface area contributed by atoms with E-state index in [-0.39, 0.29) is 13.2 Å². The Labute approximate surface area is 117 Å². The summed E-state index contributed by atoms with van der Waals surface area (Å²) in [5.41, 5.74) is 0.534. The van der Waals surface area contributed by atoms with Crippen LogP contribution >= 0.6 is 19.4 Å². The topological polar surface area (TPSA) is 68.6 Å². The predicted octanol–water partition coefficient (Wildman–Crippen LogP) is 4.10. The molecule has 0 saturated carbocycles. The second-order valence-electron chi connectivity index (χ2n) is 3.45. The molecule has 0 spiro atoms. The number of hydrogen-bond acceptors (Lipinski definition) is 5. The van der Waals surface area contributed by atoms with Crippen molar-refractivity contribution in [2.75, 3.05) is 13.2 Å². The van der Waals surface area contributed by atoms with Crippen LogP contribution in [0.15, 0.2) is 24.3 Å². The number of phosphoric acid groups is 1. The summed E-state index contributed by atoms with van der Waals surface area (Å²) in [6, 6.07) is 8.40. The van der Waals surface area contributed by atoms with Gasteiger partial charge in [-0.2, -0.15) is 5.26 Å². The Kier molecular flexibility index (Phi) is 6.50. The minimum absolute atomic E-state index is 0.163. The van der Waals surface area contributed by atoms with Crippen LogP contribution < -0.4 is 0 Å². The zero-order valence-electron chi connectivity index (χ0n) is 10.7. The number of phosphoric ester groups is 1. The lowest BCUT2D eigenvalue weighted by atomic mass is 10.1. The number of benzene rings is 1. The van der Waals surface area contributed by atoms with E-state index in [0.29, 0.717) is 10.6 Å². The van der Waals surface area contributed by atoms with Crippen molar-refractivity contribution in [3.05, 3.63) is 34.9 Å². The van der Waals surface area contributed by atoms with Crippen LogP contribution in [0.1, 0.15) is 25.5 Å². The van der Waals surface area contributed by atoms with Crippen molar-refractivity contribution in [2.45, 2.75) is 20.0 Å². The van der Waals surface area contributed by atoms with Gasteiger partial charge < -0.3 is 0 Å². The Morgan fingerprint density at radius 3 is 2.21 bits per heavy atom. The predicted molar refractivity (Wildman–Crippen MR) is 71.7 cm³/mol. The van der Waals surface area contributed by atoms with E-state index in [4.69, 9.17) is 30.4 Å². The highest BCUT2D eigenvalue weighted by Crippen LogP contribution is 2.52. The molecule has 1 atom stereocenters. The first-order valence-corrected chi connectivity index (χ1v) is 7.61. The highest BCUT2D eigenvalue weighted by atomic mass is 35.5. The average Bonchev–Trinajstić information content (AvgIpc) is 2.38. The number of rotatable bonds is 7. The number of hydrogen-bond donors (Lipinski definition) is 0. The van der Waals surface area contributed by atoms with Gasteiger partial charge in [0.1, 0.15) is 0 Å². The third-order valence-electron chi connectivity index (χ3n) is 2.10. The normalized spacial score (nSPS) is 12.9. The molecule has 0 N–H and O–H groups in total. The number of halogens is 1. The molecule has 7 heteroatoms. The maximum absolute atomic E-state index is 12.2. The van der Waals surface area contributed by atoms with Crippen molar-refractivity contribution in [2.24, 2.45) is 0 Å². The lowest BCUT2D eigenvalue weighted by Gasteiger charge is -2.19. The smallest absolute Gasteiger partial charge is 0.287 e. The van der Waals surface area contributed by atoms with E-state index < -0.39 is 13.9 Å². The van der Waals surface area contributed by atoms with E-state index >= 15 is 0 Å². The van der Waals surface area contributed by atoms with Crippen LogP contribution in [0.3, 0.4) is 0 Å². The van der Waals surface area contributed by atoms with E-state index in [1.807, 2.05) is 6.07 Å². The first-order valence-electron chi connectivity index (χ1n) is 5.77. The quantitative estimate of drug-likeness (QED) is 0.709. The van der Waals surface area contributed by atoms with Crippen molar-refractivity contribution in [1.29, 1.82) is 5.26 Å². The second kappa shape index (κ2) is 7.64. The molecule has 0 radical (unpaired) electrons. The summed E-state index contributed by atoms with van der Waals surface area (Å²) >= 11 is 5.76. The van der Waals surface area contributed by atoms with Crippen LogP contribution in [0.4, 0.5) is 0 Å². The fourth-order valence-electron chi connectivity index (χ4n) is 1.34. The molecule has 0 aliphatic rings. The minimum Gasteiger partial charge on any atom is -0.287 e. The van der Waals surface area contributed by atoms with Crippen molar-refractivity contribution in [3.8, 4) is 6.07 Å². The Hall–Kier alpha value is -0.890. The Morgan fingerprint density at radius 2 is 1.79 bits per heavy atom. The fourth-order valence-corrected chi connectivity index (χ4v) is 2.72. The van der Waals surface area contributed by atoms with Gasteiger partial charge in [-0.3, -0.25) is 13.6 Å². The molecule has 1 rings (SSSR count). The summed E-state index contributed by atoms with van der Waals surface area (Å²) in [6.45, 7) is 3.66. The van der Waals surface area contributed by atoms with Crippen molar-refractivity contribution in [3.63, 3.8) is 0 Å².